The number of carbonyl (C=O) groups excluding carboxylic acids is 3. The summed E-state index contributed by atoms with van der Waals surface area (Å²) in [7, 11) is 0. The van der Waals surface area contributed by atoms with Crippen LogP contribution in [0.5, 0.6) is 0 Å². The van der Waals surface area contributed by atoms with Crippen LogP contribution in [-0.4, -0.2) is 37.2 Å². The summed E-state index contributed by atoms with van der Waals surface area (Å²) in [6.45, 7) is 6.51. The lowest BCUT2D eigenvalue weighted by Gasteiger charge is -2.18. The van der Waals surface area contributed by atoms with Crippen molar-refractivity contribution in [3.63, 3.8) is 0 Å². The van der Waals surface area contributed by atoms with Gasteiger partial charge in [-0.1, -0.05) is 267 Å². The molecule has 0 saturated carbocycles. The summed E-state index contributed by atoms with van der Waals surface area (Å²) in [6, 6.07) is 0. The first kappa shape index (κ1) is 69.8. The highest BCUT2D eigenvalue weighted by atomic mass is 16.6. The Labute approximate surface area is 453 Å². The molecule has 0 saturated heterocycles. The second-order valence-electron chi connectivity index (χ2n) is 20.9. The Morgan fingerprint density at radius 2 is 0.548 bits per heavy atom. The van der Waals surface area contributed by atoms with Crippen LogP contribution in [0.3, 0.4) is 0 Å². The van der Waals surface area contributed by atoms with Gasteiger partial charge in [0.15, 0.2) is 6.10 Å². The van der Waals surface area contributed by atoms with Crippen molar-refractivity contribution in [2.75, 3.05) is 13.2 Å². The molecular formula is C67H118O6. The SMILES string of the molecule is CC/C=C\C/C=C\C/C=C\C/C=C\CCCCCCCCCCCCC(=O)OCC(COC(=O)CCCCCCC/C=C\CCCC)OC(=O)CCCCCCCCCCC/C=C\CCCCCCCCCC. The average Bonchev–Trinajstić information content (AvgIpc) is 3.39. The van der Waals surface area contributed by atoms with Crippen molar-refractivity contribution in [2.45, 2.75) is 322 Å². The molecule has 6 heteroatoms. The van der Waals surface area contributed by atoms with Crippen LogP contribution in [0.4, 0.5) is 0 Å². The molecule has 0 aromatic rings. The third kappa shape index (κ3) is 59.6. The lowest BCUT2D eigenvalue weighted by Crippen LogP contribution is -2.30. The fourth-order valence-corrected chi connectivity index (χ4v) is 8.94. The van der Waals surface area contributed by atoms with E-state index < -0.39 is 6.10 Å². The fourth-order valence-electron chi connectivity index (χ4n) is 8.94. The standard InChI is InChI=1S/C67H118O6/c1-4-7-10-13-16-19-22-24-26-28-30-32-33-35-36-38-40-42-45-48-51-54-57-60-66(69)72-63-64(62-71-65(68)59-56-53-50-47-44-21-18-15-12-9-6-3)73-67(70)61-58-55-52-49-46-43-41-39-37-34-31-29-27-25-23-20-17-14-11-8-5-2/h7,10,15-16,18-19,24,26,29-32,64H,4-6,8-9,11-14,17,20-23,25,27-28,33-63H2,1-3H3/b10-7-,18-15-,19-16-,26-24-,31-29-,32-30-. The van der Waals surface area contributed by atoms with Crippen LogP contribution in [0.15, 0.2) is 72.9 Å². The van der Waals surface area contributed by atoms with Crippen LogP contribution < -0.4 is 0 Å². The summed E-state index contributed by atoms with van der Waals surface area (Å²) < 4.78 is 16.9. The number of rotatable bonds is 57. The third-order valence-electron chi connectivity index (χ3n) is 13.7. The van der Waals surface area contributed by atoms with Crippen molar-refractivity contribution in [1.29, 1.82) is 0 Å². The van der Waals surface area contributed by atoms with Gasteiger partial charge in [0, 0.05) is 19.3 Å². The molecule has 0 fully saturated rings. The highest BCUT2D eigenvalue weighted by Gasteiger charge is 2.19. The molecule has 1 unspecified atom stereocenters. The molecule has 0 aliphatic heterocycles. The van der Waals surface area contributed by atoms with E-state index in [4.69, 9.17) is 14.2 Å². The van der Waals surface area contributed by atoms with Gasteiger partial charge in [-0.25, -0.2) is 0 Å². The van der Waals surface area contributed by atoms with Crippen LogP contribution in [0.25, 0.3) is 0 Å². The molecule has 1 atom stereocenters. The van der Waals surface area contributed by atoms with E-state index >= 15 is 0 Å². The van der Waals surface area contributed by atoms with E-state index in [0.29, 0.717) is 19.3 Å². The van der Waals surface area contributed by atoms with Crippen molar-refractivity contribution in [1.82, 2.24) is 0 Å². The van der Waals surface area contributed by atoms with Crippen LogP contribution in [-0.2, 0) is 28.6 Å². The van der Waals surface area contributed by atoms with Gasteiger partial charge in [0.2, 0.25) is 0 Å². The Kier molecular flexibility index (Phi) is 58.7. The Bertz CT molecular complexity index is 1360. The van der Waals surface area contributed by atoms with Gasteiger partial charge in [-0.3, -0.25) is 14.4 Å². The Balaban J connectivity index is 4.28. The predicted octanol–water partition coefficient (Wildman–Crippen LogP) is 21.3. The molecule has 422 valence electrons. The van der Waals surface area contributed by atoms with E-state index in [-0.39, 0.29) is 31.1 Å². The molecule has 0 N–H and O–H groups in total. The monoisotopic (exact) mass is 1020 g/mol. The lowest BCUT2D eigenvalue weighted by atomic mass is 10.0. The number of ether oxygens (including phenoxy) is 3. The van der Waals surface area contributed by atoms with E-state index in [2.05, 4.69) is 93.7 Å². The Morgan fingerprint density at radius 1 is 0.288 bits per heavy atom. The van der Waals surface area contributed by atoms with Crippen LogP contribution in [0, 0.1) is 0 Å². The van der Waals surface area contributed by atoms with Crippen LogP contribution >= 0.6 is 0 Å². The van der Waals surface area contributed by atoms with Gasteiger partial charge in [0.25, 0.3) is 0 Å². The largest absolute Gasteiger partial charge is 0.462 e. The highest BCUT2D eigenvalue weighted by Crippen LogP contribution is 2.16. The quantitative estimate of drug-likeness (QED) is 0.0261. The molecule has 73 heavy (non-hydrogen) atoms. The van der Waals surface area contributed by atoms with Crippen molar-refractivity contribution in [3.05, 3.63) is 72.9 Å². The zero-order chi connectivity index (χ0) is 52.9. The van der Waals surface area contributed by atoms with E-state index in [0.717, 1.165) is 89.9 Å². The molecule has 0 aliphatic rings. The maximum atomic E-state index is 12.9. The molecule has 6 nitrogen and oxygen atoms in total. The summed E-state index contributed by atoms with van der Waals surface area (Å²) in [5.74, 6) is -0.883. The van der Waals surface area contributed by atoms with Crippen molar-refractivity contribution < 1.29 is 28.6 Å². The zero-order valence-corrected chi connectivity index (χ0v) is 48.4. The average molecular weight is 1020 g/mol. The van der Waals surface area contributed by atoms with Crippen molar-refractivity contribution in [3.8, 4) is 0 Å². The number of hydrogen-bond acceptors (Lipinski definition) is 6. The summed E-state index contributed by atoms with van der Waals surface area (Å²) in [6.07, 6.45) is 79.1. The molecular weight excluding hydrogens is 901 g/mol. The first-order valence-corrected chi connectivity index (χ1v) is 31.4. The maximum Gasteiger partial charge on any atom is 0.306 e. The van der Waals surface area contributed by atoms with Crippen molar-refractivity contribution in [2.24, 2.45) is 0 Å². The van der Waals surface area contributed by atoms with Gasteiger partial charge >= 0.3 is 17.9 Å². The molecule has 0 spiro atoms. The van der Waals surface area contributed by atoms with Gasteiger partial charge in [-0.2, -0.15) is 0 Å². The van der Waals surface area contributed by atoms with Crippen LogP contribution in [0.1, 0.15) is 316 Å². The third-order valence-corrected chi connectivity index (χ3v) is 13.7. The molecule has 0 aromatic heterocycles. The summed E-state index contributed by atoms with van der Waals surface area (Å²) in [5.41, 5.74) is 0. The van der Waals surface area contributed by atoms with Crippen LogP contribution in [0.2, 0.25) is 0 Å². The molecule has 0 aliphatic carbocycles. The molecule has 0 radical (unpaired) electrons. The summed E-state index contributed by atoms with van der Waals surface area (Å²) in [5, 5.41) is 0. The predicted molar refractivity (Wildman–Crippen MR) is 316 cm³/mol. The smallest absolute Gasteiger partial charge is 0.306 e. The minimum atomic E-state index is -0.782. The summed E-state index contributed by atoms with van der Waals surface area (Å²) in [4.78, 5) is 38.2. The second kappa shape index (κ2) is 61.4. The minimum absolute atomic E-state index is 0.0796. The first-order valence-electron chi connectivity index (χ1n) is 31.4. The minimum Gasteiger partial charge on any atom is -0.462 e. The van der Waals surface area contributed by atoms with Gasteiger partial charge in [0.05, 0.1) is 0 Å². The lowest BCUT2D eigenvalue weighted by molar-refractivity contribution is -0.167. The van der Waals surface area contributed by atoms with Gasteiger partial charge in [-0.15, -0.1) is 0 Å². The molecule has 0 rings (SSSR count). The number of carbonyl (C=O) groups is 3. The topological polar surface area (TPSA) is 78.9 Å². The summed E-state index contributed by atoms with van der Waals surface area (Å²) >= 11 is 0. The highest BCUT2D eigenvalue weighted by molar-refractivity contribution is 5.71. The number of esters is 3. The molecule has 0 bridgehead atoms. The number of unbranched alkanes of at least 4 members (excludes halogenated alkanes) is 34. The van der Waals surface area contributed by atoms with E-state index in [1.165, 1.54) is 186 Å². The Morgan fingerprint density at radius 3 is 0.890 bits per heavy atom. The number of allylic oxidation sites excluding steroid dienone is 12. The van der Waals surface area contributed by atoms with E-state index in [9.17, 15) is 14.4 Å². The Hall–Kier alpha value is -3.15. The van der Waals surface area contributed by atoms with E-state index in [1.807, 2.05) is 0 Å². The maximum absolute atomic E-state index is 12.9. The molecule has 0 amide bonds. The normalized spacial score (nSPS) is 12.5. The van der Waals surface area contributed by atoms with Gasteiger partial charge in [-0.05, 0) is 103 Å². The molecule has 0 aromatic carbocycles. The number of hydrogen-bond donors (Lipinski definition) is 0. The zero-order valence-electron chi connectivity index (χ0n) is 48.4. The van der Waals surface area contributed by atoms with Gasteiger partial charge in [0.1, 0.15) is 13.2 Å². The van der Waals surface area contributed by atoms with Gasteiger partial charge < -0.3 is 14.2 Å². The first-order chi connectivity index (χ1) is 36.0. The fraction of sp³-hybridized carbons (Fsp3) is 0.776. The van der Waals surface area contributed by atoms with E-state index in [1.54, 1.807) is 0 Å². The second-order valence-corrected chi connectivity index (χ2v) is 20.9. The molecule has 0 heterocycles. The van der Waals surface area contributed by atoms with Crippen molar-refractivity contribution >= 4 is 17.9 Å².